The molecule has 0 fully saturated rings. The first-order valence-electron chi connectivity index (χ1n) is 9.02. The van der Waals surface area contributed by atoms with Crippen molar-refractivity contribution in [2.75, 3.05) is 11.1 Å². The number of nitrogen functional groups attached to an aromatic ring is 1. The molecule has 9 heteroatoms. The van der Waals surface area contributed by atoms with E-state index in [2.05, 4.69) is 20.5 Å². The van der Waals surface area contributed by atoms with Gasteiger partial charge in [0.15, 0.2) is 0 Å². The molecule has 150 valence electrons. The van der Waals surface area contributed by atoms with Crippen LogP contribution in [0, 0.1) is 0 Å². The Hall–Kier alpha value is -3.91. The summed E-state index contributed by atoms with van der Waals surface area (Å²) < 4.78 is 7.10. The maximum Gasteiger partial charge on any atom is 0.298 e. The minimum absolute atomic E-state index is 0.173. The SMILES string of the molecule is Nc1nnc(Nc2ccc(Oc3ccccn3)cc2)n(Cc2ccc(Cl)cc2)c1=O. The Labute approximate surface area is 176 Å². The fraction of sp³-hybridized carbons (Fsp3) is 0.0476. The topological polar surface area (TPSA) is 108 Å². The molecular formula is C21H17ClN6O2. The normalized spacial score (nSPS) is 10.6. The summed E-state index contributed by atoms with van der Waals surface area (Å²) in [5, 5.41) is 11.5. The largest absolute Gasteiger partial charge is 0.439 e. The van der Waals surface area contributed by atoms with Crippen molar-refractivity contribution in [3.63, 3.8) is 0 Å². The number of anilines is 3. The summed E-state index contributed by atoms with van der Waals surface area (Å²) in [6.07, 6.45) is 1.66. The predicted octanol–water partition coefficient (Wildman–Crippen LogP) is 3.85. The average molecular weight is 421 g/mol. The number of ether oxygens (including phenoxy) is 1. The van der Waals surface area contributed by atoms with E-state index in [1.165, 1.54) is 4.57 Å². The van der Waals surface area contributed by atoms with Crippen LogP contribution in [0.5, 0.6) is 11.6 Å². The second-order valence-electron chi connectivity index (χ2n) is 6.35. The Bertz CT molecular complexity index is 1200. The van der Waals surface area contributed by atoms with E-state index in [4.69, 9.17) is 22.1 Å². The lowest BCUT2D eigenvalue weighted by molar-refractivity contribution is 0.463. The molecule has 0 saturated carbocycles. The van der Waals surface area contributed by atoms with Crippen LogP contribution in [0.15, 0.2) is 77.7 Å². The smallest absolute Gasteiger partial charge is 0.298 e. The molecular weight excluding hydrogens is 404 g/mol. The summed E-state index contributed by atoms with van der Waals surface area (Å²) in [6, 6.07) is 19.8. The van der Waals surface area contributed by atoms with E-state index >= 15 is 0 Å². The van der Waals surface area contributed by atoms with Gasteiger partial charge in [-0.2, -0.15) is 0 Å². The molecule has 30 heavy (non-hydrogen) atoms. The van der Waals surface area contributed by atoms with Crippen LogP contribution in [0.25, 0.3) is 0 Å². The molecule has 0 amide bonds. The summed E-state index contributed by atoms with van der Waals surface area (Å²) in [4.78, 5) is 16.7. The number of rotatable bonds is 6. The molecule has 4 aromatic rings. The van der Waals surface area contributed by atoms with Crippen LogP contribution in [0.3, 0.4) is 0 Å². The number of nitrogens with two attached hydrogens (primary N) is 1. The van der Waals surface area contributed by atoms with Crippen molar-refractivity contribution < 1.29 is 4.74 Å². The second-order valence-corrected chi connectivity index (χ2v) is 6.78. The fourth-order valence-electron chi connectivity index (χ4n) is 2.71. The molecule has 2 aromatic carbocycles. The zero-order chi connectivity index (χ0) is 20.9. The van der Waals surface area contributed by atoms with Crippen molar-refractivity contribution in [3.8, 4) is 11.6 Å². The van der Waals surface area contributed by atoms with Crippen LogP contribution < -0.4 is 21.3 Å². The van der Waals surface area contributed by atoms with E-state index in [0.29, 0.717) is 22.3 Å². The minimum atomic E-state index is -0.433. The first-order valence-corrected chi connectivity index (χ1v) is 9.40. The standard InChI is InChI=1S/C21H17ClN6O2/c22-15-6-4-14(5-7-15)13-28-20(29)19(23)26-27-21(28)25-16-8-10-17(11-9-16)30-18-3-1-2-12-24-18/h1-12H,13H2,(H2,23,26)(H,25,27). The van der Waals surface area contributed by atoms with Gasteiger partial charge in [-0.15, -0.1) is 10.2 Å². The Morgan fingerprint density at radius 1 is 1.00 bits per heavy atom. The van der Waals surface area contributed by atoms with Gasteiger partial charge in [0.1, 0.15) is 5.75 Å². The third kappa shape index (κ3) is 4.56. The molecule has 0 aliphatic carbocycles. The molecule has 0 spiro atoms. The van der Waals surface area contributed by atoms with E-state index in [1.54, 1.807) is 48.7 Å². The molecule has 8 nitrogen and oxygen atoms in total. The van der Waals surface area contributed by atoms with E-state index < -0.39 is 5.56 Å². The number of nitrogens with one attached hydrogen (secondary N) is 1. The molecule has 0 saturated heterocycles. The molecule has 0 radical (unpaired) electrons. The van der Waals surface area contributed by atoms with E-state index in [1.807, 2.05) is 24.3 Å². The van der Waals surface area contributed by atoms with Crippen LogP contribution >= 0.6 is 11.6 Å². The van der Waals surface area contributed by atoms with Gasteiger partial charge in [-0.1, -0.05) is 29.8 Å². The third-order valence-electron chi connectivity index (χ3n) is 4.20. The maximum absolute atomic E-state index is 12.6. The van der Waals surface area contributed by atoms with Crippen molar-refractivity contribution in [2.24, 2.45) is 0 Å². The van der Waals surface area contributed by atoms with Gasteiger partial charge in [0, 0.05) is 23.0 Å². The summed E-state index contributed by atoms with van der Waals surface area (Å²) in [6.45, 7) is 0.263. The highest BCUT2D eigenvalue weighted by molar-refractivity contribution is 6.30. The first-order chi connectivity index (χ1) is 14.6. The molecule has 0 aliphatic heterocycles. The van der Waals surface area contributed by atoms with Crippen LogP contribution in [0.1, 0.15) is 5.56 Å². The average Bonchev–Trinajstić information content (AvgIpc) is 2.77. The van der Waals surface area contributed by atoms with Gasteiger partial charge in [0.25, 0.3) is 5.56 Å². The third-order valence-corrected chi connectivity index (χ3v) is 4.45. The number of nitrogens with zero attached hydrogens (tertiary/aromatic N) is 4. The number of hydrogen-bond donors (Lipinski definition) is 2. The second kappa shape index (κ2) is 8.62. The maximum atomic E-state index is 12.6. The lowest BCUT2D eigenvalue weighted by Crippen LogP contribution is -2.28. The zero-order valence-corrected chi connectivity index (χ0v) is 16.5. The van der Waals surface area contributed by atoms with Crippen molar-refractivity contribution >= 4 is 29.1 Å². The van der Waals surface area contributed by atoms with Crippen LogP contribution in [-0.2, 0) is 6.54 Å². The van der Waals surface area contributed by atoms with E-state index in [0.717, 1.165) is 5.56 Å². The van der Waals surface area contributed by atoms with Crippen LogP contribution in [0.4, 0.5) is 17.5 Å². The zero-order valence-electron chi connectivity index (χ0n) is 15.7. The van der Waals surface area contributed by atoms with Crippen molar-refractivity contribution in [2.45, 2.75) is 6.54 Å². The number of hydrogen-bond acceptors (Lipinski definition) is 7. The van der Waals surface area contributed by atoms with Crippen molar-refractivity contribution in [3.05, 3.63) is 93.9 Å². The number of aromatic nitrogens is 4. The lowest BCUT2D eigenvalue weighted by atomic mass is 10.2. The highest BCUT2D eigenvalue weighted by Gasteiger charge is 2.11. The number of benzene rings is 2. The number of halogens is 1. The molecule has 3 N–H and O–H groups in total. The number of pyridine rings is 1. The fourth-order valence-corrected chi connectivity index (χ4v) is 2.83. The van der Waals surface area contributed by atoms with Crippen molar-refractivity contribution in [1.29, 1.82) is 0 Å². The summed E-state index contributed by atoms with van der Waals surface area (Å²) in [5.41, 5.74) is 6.81. The molecule has 0 atom stereocenters. The monoisotopic (exact) mass is 420 g/mol. The van der Waals surface area contributed by atoms with Gasteiger partial charge >= 0.3 is 0 Å². The van der Waals surface area contributed by atoms with E-state index in [-0.39, 0.29) is 18.3 Å². The first kappa shape index (κ1) is 19.4. The predicted molar refractivity (Wildman–Crippen MR) is 115 cm³/mol. The van der Waals surface area contributed by atoms with Gasteiger partial charge in [0.05, 0.1) is 6.54 Å². The summed E-state index contributed by atoms with van der Waals surface area (Å²) in [7, 11) is 0. The van der Waals surface area contributed by atoms with Gasteiger partial charge in [0.2, 0.25) is 17.6 Å². The molecule has 0 aliphatic rings. The quantitative estimate of drug-likeness (QED) is 0.487. The Kier molecular flexibility index (Phi) is 5.58. The molecule has 0 unspecified atom stereocenters. The highest BCUT2D eigenvalue weighted by Crippen LogP contribution is 2.22. The highest BCUT2D eigenvalue weighted by atomic mass is 35.5. The van der Waals surface area contributed by atoms with Gasteiger partial charge < -0.3 is 15.8 Å². The Balaban J connectivity index is 1.56. The van der Waals surface area contributed by atoms with Gasteiger partial charge in [-0.3, -0.25) is 9.36 Å². The van der Waals surface area contributed by atoms with Gasteiger partial charge in [-0.05, 0) is 48.0 Å². The molecule has 4 rings (SSSR count). The van der Waals surface area contributed by atoms with Crippen LogP contribution in [0.2, 0.25) is 5.02 Å². The summed E-state index contributed by atoms with van der Waals surface area (Å²) >= 11 is 5.94. The van der Waals surface area contributed by atoms with E-state index in [9.17, 15) is 4.79 Å². The Morgan fingerprint density at radius 2 is 1.77 bits per heavy atom. The van der Waals surface area contributed by atoms with Crippen molar-refractivity contribution in [1.82, 2.24) is 19.7 Å². The van der Waals surface area contributed by atoms with Gasteiger partial charge in [-0.25, -0.2) is 4.98 Å². The minimum Gasteiger partial charge on any atom is -0.439 e. The lowest BCUT2D eigenvalue weighted by Gasteiger charge is -2.14. The van der Waals surface area contributed by atoms with Crippen LogP contribution in [-0.4, -0.2) is 19.7 Å². The molecule has 2 heterocycles. The molecule has 0 bridgehead atoms. The molecule has 2 aromatic heterocycles. The summed E-state index contributed by atoms with van der Waals surface area (Å²) in [5.74, 6) is 1.22. The Morgan fingerprint density at radius 3 is 2.47 bits per heavy atom.